The minimum atomic E-state index is -0.0369. The quantitative estimate of drug-likeness (QED) is 0.778. The van der Waals surface area contributed by atoms with Crippen molar-refractivity contribution in [3.8, 4) is 0 Å². The molecule has 1 saturated heterocycles. The van der Waals surface area contributed by atoms with E-state index in [1.807, 2.05) is 36.4 Å². The maximum absolute atomic E-state index is 13.0. The Morgan fingerprint density at radius 3 is 2.09 bits per heavy atom. The zero-order valence-corrected chi connectivity index (χ0v) is 12.9. The first-order valence-electron chi connectivity index (χ1n) is 8.22. The summed E-state index contributed by atoms with van der Waals surface area (Å²) in [5, 5.41) is 0. The molecule has 0 bridgehead atoms. The number of hydrogen-bond donors (Lipinski definition) is 0. The normalized spacial score (nSPS) is 17.1. The minimum absolute atomic E-state index is 0.0369. The molecule has 0 amide bonds. The summed E-state index contributed by atoms with van der Waals surface area (Å²) < 4.78 is 0. The predicted octanol–water partition coefficient (Wildman–Crippen LogP) is 3.97. The number of piperidine rings is 1. The minimum Gasteiger partial charge on any atom is -0.293 e. The molecule has 2 aromatic rings. The van der Waals surface area contributed by atoms with Crippen molar-refractivity contribution in [2.24, 2.45) is 0 Å². The third-order valence-electron chi connectivity index (χ3n) is 4.46. The summed E-state index contributed by atoms with van der Waals surface area (Å²) in [4.78, 5) is 15.4. The average molecular weight is 293 g/mol. The van der Waals surface area contributed by atoms with Crippen molar-refractivity contribution in [3.05, 3.63) is 71.8 Å². The lowest BCUT2D eigenvalue weighted by Crippen LogP contribution is -2.45. The molecule has 22 heavy (non-hydrogen) atoms. The third kappa shape index (κ3) is 3.63. The Labute approximate surface area is 132 Å². The molecule has 0 aromatic heterocycles. The van der Waals surface area contributed by atoms with E-state index in [9.17, 15) is 4.79 Å². The molecule has 3 rings (SSSR count). The highest BCUT2D eigenvalue weighted by atomic mass is 16.1. The lowest BCUT2D eigenvalue weighted by atomic mass is 9.94. The summed E-state index contributed by atoms with van der Waals surface area (Å²) in [6, 6.07) is 20.1. The highest BCUT2D eigenvalue weighted by molar-refractivity contribution is 6.00. The molecule has 114 valence electrons. The molecule has 2 nitrogen and oxygen atoms in total. The van der Waals surface area contributed by atoms with Gasteiger partial charge < -0.3 is 0 Å². The summed E-state index contributed by atoms with van der Waals surface area (Å²) in [6.45, 7) is 2.08. The molecule has 0 saturated carbocycles. The van der Waals surface area contributed by atoms with Gasteiger partial charge in [0.1, 0.15) is 0 Å². The second-order valence-electron chi connectivity index (χ2n) is 6.03. The van der Waals surface area contributed by atoms with Gasteiger partial charge in [-0.3, -0.25) is 9.69 Å². The van der Waals surface area contributed by atoms with Crippen LogP contribution in [0.15, 0.2) is 60.7 Å². The van der Waals surface area contributed by atoms with Gasteiger partial charge in [0.15, 0.2) is 5.78 Å². The zero-order chi connectivity index (χ0) is 15.2. The van der Waals surface area contributed by atoms with Crippen molar-refractivity contribution < 1.29 is 4.79 Å². The molecule has 0 aliphatic carbocycles. The fourth-order valence-corrected chi connectivity index (χ4v) is 3.25. The second kappa shape index (κ2) is 7.37. The van der Waals surface area contributed by atoms with Crippen molar-refractivity contribution in [2.75, 3.05) is 13.1 Å². The van der Waals surface area contributed by atoms with Crippen LogP contribution in [-0.4, -0.2) is 29.8 Å². The summed E-state index contributed by atoms with van der Waals surface area (Å²) in [5.74, 6) is 0.256. The van der Waals surface area contributed by atoms with E-state index in [1.54, 1.807) is 0 Å². The number of carbonyl (C=O) groups excluding carboxylic acids is 1. The van der Waals surface area contributed by atoms with Gasteiger partial charge in [0.05, 0.1) is 6.04 Å². The van der Waals surface area contributed by atoms with Gasteiger partial charge in [-0.15, -0.1) is 0 Å². The molecule has 0 unspecified atom stereocenters. The van der Waals surface area contributed by atoms with E-state index in [0.29, 0.717) is 0 Å². The Morgan fingerprint density at radius 2 is 1.45 bits per heavy atom. The topological polar surface area (TPSA) is 20.3 Å². The maximum Gasteiger partial charge on any atom is 0.180 e. The Kier molecular flexibility index (Phi) is 5.02. The van der Waals surface area contributed by atoms with Crippen LogP contribution in [0.2, 0.25) is 0 Å². The van der Waals surface area contributed by atoms with Gasteiger partial charge in [0.25, 0.3) is 0 Å². The summed E-state index contributed by atoms with van der Waals surface area (Å²) >= 11 is 0. The lowest BCUT2D eigenvalue weighted by Gasteiger charge is -2.33. The van der Waals surface area contributed by atoms with Crippen LogP contribution in [0.4, 0.5) is 0 Å². The molecule has 2 heteroatoms. The van der Waals surface area contributed by atoms with E-state index in [4.69, 9.17) is 0 Å². The number of rotatable bonds is 5. The Bertz CT molecular complexity index is 588. The fourth-order valence-electron chi connectivity index (χ4n) is 3.25. The fraction of sp³-hybridized carbons (Fsp3) is 0.350. The predicted molar refractivity (Wildman–Crippen MR) is 90.1 cm³/mol. The van der Waals surface area contributed by atoms with Crippen LogP contribution in [0.25, 0.3) is 0 Å². The first-order chi connectivity index (χ1) is 10.8. The van der Waals surface area contributed by atoms with E-state index >= 15 is 0 Å². The highest BCUT2D eigenvalue weighted by Gasteiger charge is 2.27. The molecule has 1 fully saturated rings. The lowest BCUT2D eigenvalue weighted by molar-refractivity contribution is 0.0783. The monoisotopic (exact) mass is 293 g/mol. The largest absolute Gasteiger partial charge is 0.293 e. The Hall–Kier alpha value is -1.93. The SMILES string of the molecule is O=C(c1ccccc1)[C@@H](Cc1ccccc1)N1CCCCC1. The van der Waals surface area contributed by atoms with Crippen LogP contribution in [0.5, 0.6) is 0 Å². The Morgan fingerprint density at radius 1 is 0.864 bits per heavy atom. The molecule has 2 aromatic carbocycles. The van der Waals surface area contributed by atoms with E-state index in [-0.39, 0.29) is 11.8 Å². The van der Waals surface area contributed by atoms with Crippen LogP contribution >= 0.6 is 0 Å². The van der Waals surface area contributed by atoms with Gasteiger partial charge in [-0.05, 0) is 37.9 Å². The molecule has 1 heterocycles. The number of hydrogen-bond acceptors (Lipinski definition) is 2. The molecule has 0 N–H and O–H groups in total. The van der Waals surface area contributed by atoms with Gasteiger partial charge in [0.2, 0.25) is 0 Å². The van der Waals surface area contributed by atoms with Gasteiger partial charge in [-0.25, -0.2) is 0 Å². The molecule has 0 radical (unpaired) electrons. The summed E-state index contributed by atoms with van der Waals surface area (Å²) in [6.07, 6.45) is 4.49. The number of nitrogens with zero attached hydrogens (tertiary/aromatic N) is 1. The van der Waals surface area contributed by atoms with Crippen LogP contribution in [0, 0.1) is 0 Å². The van der Waals surface area contributed by atoms with Crippen molar-refractivity contribution in [1.82, 2.24) is 4.90 Å². The van der Waals surface area contributed by atoms with Crippen LogP contribution in [0.1, 0.15) is 35.2 Å². The van der Waals surface area contributed by atoms with Gasteiger partial charge in [-0.1, -0.05) is 67.1 Å². The number of carbonyl (C=O) groups is 1. The third-order valence-corrected chi connectivity index (χ3v) is 4.46. The second-order valence-corrected chi connectivity index (χ2v) is 6.03. The smallest absolute Gasteiger partial charge is 0.180 e. The van der Waals surface area contributed by atoms with E-state index in [2.05, 4.69) is 29.2 Å². The molecule has 0 spiro atoms. The number of benzene rings is 2. The van der Waals surface area contributed by atoms with E-state index < -0.39 is 0 Å². The summed E-state index contributed by atoms with van der Waals surface area (Å²) in [7, 11) is 0. The molecule has 1 aliphatic rings. The van der Waals surface area contributed by atoms with Crippen LogP contribution < -0.4 is 0 Å². The van der Waals surface area contributed by atoms with Gasteiger partial charge in [0, 0.05) is 5.56 Å². The van der Waals surface area contributed by atoms with Gasteiger partial charge >= 0.3 is 0 Å². The Balaban J connectivity index is 1.83. The molecular formula is C20H23NO. The van der Waals surface area contributed by atoms with E-state index in [1.165, 1.54) is 24.8 Å². The number of ketones is 1. The van der Waals surface area contributed by atoms with Crippen molar-refractivity contribution in [3.63, 3.8) is 0 Å². The summed E-state index contributed by atoms with van der Waals surface area (Å²) in [5.41, 5.74) is 2.07. The van der Waals surface area contributed by atoms with Crippen molar-refractivity contribution >= 4 is 5.78 Å². The molecule has 1 atom stereocenters. The zero-order valence-electron chi connectivity index (χ0n) is 12.9. The average Bonchev–Trinajstić information content (AvgIpc) is 2.61. The first kappa shape index (κ1) is 15.0. The number of Topliss-reactive ketones (excluding diaryl/α,β-unsaturated/α-hetero) is 1. The highest BCUT2D eigenvalue weighted by Crippen LogP contribution is 2.19. The molecule has 1 aliphatic heterocycles. The maximum atomic E-state index is 13.0. The van der Waals surface area contributed by atoms with E-state index in [0.717, 1.165) is 25.1 Å². The van der Waals surface area contributed by atoms with Crippen molar-refractivity contribution in [1.29, 1.82) is 0 Å². The number of likely N-dealkylation sites (tertiary alicyclic amines) is 1. The first-order valence-corrected chi connectivity index (χ1v) is 8.22. The molecular weight excluding hydrogens is 270 g/mol. The van der Waals surface area contributed by atoms with Gasteiger partial charge in [-0.2, -0.15) is 0 Å². The van der Waals surface area contributed by atoms with Crippen LogP contribution in [-0.2, 0) is 6.42 Å². The van der Waals surface area contributed by atoms with Crippen molar-refractivity contribution in [2.45, 2.75) is 31.7 Å². The van der Waals surface area contributed by atoms with Crippen LogP contribution in [0.3, 0.4) is 0 Å². The standard InChI is InChI=1S/C20H23NO/c22-20(18-12-6-2-7-13-18)19(21-14-8-3-9-15-21)16-17-10-4-1-5-11-17/h1-2,4-7,10-13,19H,3,8-9,14-16H2/t19-/m1/s1.